The summed E-state index contributed by atoms with van der Waals surface area (Å²) in [7, 11) is 0. The highest BCUT2D eigenvalue weighted by molar-refractivity contribution is 14.0. The van der Waals surface area contributed by atoms with Gasteiger partial charge in [-0.2, -0.15) is 0 Å². The second-order valence-corrected chi connectivity index (χ2v) is 5.97. The van der Waals surface area contributed by atoms with Gasteiger partial charge in [-0.15, -0.1) is 35.3 Å². The monoisotopic (exact) mass is 429 g/mol. The summed E-state index contributed by atoms with van der Waals surface area (Å²) in [6, 6.07) is 12.8. The van der Waals surface area contributed by atoms with Crippen LogP contribution >= 0.6 is 35.3 Å². The quantitative estimate of drug-likeness (QED) is 0.414. The number of halogens is 1. The molecule has 0 bridgehead atoms. The third-order valence-corrected chi connectivity index (χ3v) is 3.97. The number of hydrogen-bond donors (Lipinski definition) is 2. The number of guanidine groups is 1. The van der Waals surface area contributed by atoms with Gasteiger partial charge in [-0.25, -0.2) is 4.99 Å². The van der Waals surface area contributed by atoms with Crippen molar-refractivity contribution in [3.8, 4) is 0 Å². The SMILES string of the molecule is CCNC(=NCc1cccs1)NCCc1cccc(C)c1.I. The molecule has 5 heteroatoms. The molecule has 2 aromatic rings. The van der Waals surface area contributed by atoms with Gasteiger partial charge in [0.05, 0.1) is 6.54 Å². The molecule has 2 rings (SSSR count). The predicted octanol–water partition coefficient (Wildman–Crippen LogP) is 3.97. The molecule has 0 spiro atoms. The normalized spacial score (nSPS) is 10.9. The van der Waals surface area contributed by atoms with Crippen LogP contribution in [0.2, 0.25) is 0 Å². The minimum atomic E-state index is 0. The van der Waals surface area contributed by atoms with Crippen molar-refractivity contribution in [2.24, 2.45) is 4.99 Å². The molecular weight excluding hydrogens is 405 g/mol. The van der Waals surface area contributed by atoms with Gasteiger partial charge in [0.2, 0.25) is 0 Å². The first kappa shape index (κ1) is 19.0. The van der Waals surface area contributed by atoms with Crippen LogP contribution in [-0.4, -0.2) is 19.0 Å². The van der Waals surface area contributed by atoms with E-state index in [1.165, 1.54) is 16.0 Å². The zero-order valence-corrected chi connectivity index (χ0v) is 16.3. The topological polar surface area (TPSA) is 36.4 Å². The highest BCUT2D eigenvalue weighted by atomic mass is 127. The van der Waals surface area contributed by atoms with Crippen LogP contribution in [0.15, 0.2) is 46.8 Å². The van der Waals surface area contributed by atoms with Crippen LogP contribution in [0, 0.1) is 6.92 Å². The van der Waals surface area contributed by atoms with E-state index in [2.05, 4.69) is 71.3 Å². The molecule has 0 radical (unpaired) electrons. The Kier molecular flexibility index (Phi) is 9.15. The Labute approximate surface area is 154 Å². The standard InChI is InChI=1S/C17H23N3S.HI/c1-3-18-17(20-13-16-8-5-11-21-16)19-10-9-15-7-4-6-14(2)12-15;/h4-8,11-12H,3,9-10,13H2,1-2H3,(H2,18,19,20);1H. The third-order valence-electron chi connectivity index (χ3n) is 3.11. The van der Waals surface area contributed by atoms with Crippen LogP contribution < -0.4 is 10.6 Å². The summed E-state index contributed by atoms with van der Waals surface area (Å²) >= 11 is 1.74. The molecule has 22 heavy (non-hydrogen) atoms. The van der Waals surface area contributed by atoms with E-state index in [1.807, 2.05) is 0 Å². The minimum absolute atomic E-state index is 0. The molecule has 1 aromatic carbocycles. The summed E-state index contributed by atoms with van der Waals surface area (Å²) in [6.45, 7) is 6.71. The van der Waals surface area contributed by atoms with Crippen LogP contribution in [-0.2, 0) is 13.0 Å². The lowest BCUT2D eigenvalue weighted by Gasteiger charge is -2.11. The van der Waals surface area contributed by atoms with Gasteiger partial charge in [0.15, 0.2) is 5.96 Å². The Morgan fingerprint density at radius 2 is 2.05 bits per heavy atom. The maximum Gasteiger partial charge on any atom is 0.191 e. The lowest BCUT2D eigenvalue weighted by Crippen LogP contribution is -2.38. The molecule has 0 fully saturated rings. The summed E-state index contributed by atoms with van der Waals surface area (Å²) in [5.74, 6) is 0.888. The highest BCUT2D eigenvalue weighted by Crippen LogP contribution is 2.09. The molecule has 0 amide bonds. The number of nitrogens with one attached hydrogen (secondary N) is 2. The number of thiophene rings is 1. The Balaban J connectivity index is 0.00000242. The van der Waals surface area contributed by atoms with Crippen molar-refractivity contribution in [3.63, 3.8) is 0 Å². The molecule has 0 saturated heterocycles. The smallest absolute Gasteiger partial charge is 0.191 e. The number of hydrogen-bond acceptors (Lipinski definition) is 2. The zero-order valence-electron chi connectivity index (χ0n) is 13.1. The molecule has 1 heterocycles. The summed E-state index contributed by atoms with van der Waals surface area (Å²) in [5.41, 5.74) is 2.67. The van der Waals surface area contributed by atoms with Gasteiger partial charge in [0.25, 0.3) is 0 Å². The molecule has 120 valence electrons. The summed E-state index contributed by atoms with van der Waals surface area (Å²) < 4.78 is 0. The largest absolute Gasteiger partial charge is 0.357 e. The second kappa shape index (κ2) is 10.6. The number of aliphatic imine (C=N–C) groups is 1. The average Bonchev–Trinajstić information content (AvgIpc) is 2.98. The molecule has 0 aliphatic rings. The van der Waals surface area contributed by atoms with Crippen LogP contribution in [0.4, 0.5) is 0 Å². The Hall–Kier alpha value is -1.08. The van der Waals surface area contributed by atoms with Gasteiger partial charge in [-0.1, -0.05) is 35.9 Å². The molecular formula is C17H24IN3S. The Morgan fingerprint density at radius 3 is 2.73 bits per heavy atom. The van der Waals surface area contributed by atoms with Gasteiger partial charge in [0, 0.05) is 18.0 Å². The number of aryl methyl sites for hydroxylation is 1. The van der Waals surface area contributed by atoms with E-state index in [1.54, 1.807) is 11.3 Å². The highest BCUT2D eigenvalue weighted by Gasteiger charge is 1.99. The first-order valence-corrected chi connectivity index (χ1v) is 8.26. The first-order chi connectivity index (χ1) is 10.3. The van der Waals surface area contributed by atoms with E-state index in [-0.39, 0.29) is 24.0 Å². The number of rotatable bonds is 6. The van der Waals surface area contributed by atoms with Crippen molar-refractivity contribution in [1.82, 2.24) is 10.6 Å². The summed E-state index contributed by atoms with van der Waals surface area (Å²) in [4.78, 5) is 5.89. The van der Waals surface area contributed by atoms with E-state index >= 15 is 0 Å². The predicted molar refractivity (Wildman–Crippen MR) is 107 cm³/mol. The van der Waals surface area contributed by atoms with Crippen LogP contribution in [0.1, 0.15) is 22.9 Å². The van der Waals surface area contributed by atoms with Crippen molar-refractivity contribution in [2.75, 3.05) is 13.1 Å². The fourth-order valence-electron chi connectivity index (χ4n) is 2.09. The van der Waals surface area contributed by atoms with Crippen LogP contribution in [0.3, 0.4) is 0 Å². The molecule has 3 nitrogen and oxygen atoms in total. The summed E-state index contributed by atoms with van der Waals surface area (Å²) in [5, 5.41) is 8.77. The van der Waals surface area contributed by atoms with Crippen LogP contribution in [0.5, 0.6) is 0 Å². The molecule has 2 N–H and O–H groups in total. The van der Waals surface area contributed by atoms with E-state index in [0.717, 1.165) is 32.0 Å². The average molecular weight is 429 g/mol. The van der Waals surface area contributed by atoms with Gasteiger partial charge < -0.3 is 10.6 Å². The van der Waals surface area contributed by atoms with Crippen molar-refractivity contribution < 1.29 is 0 Å². The fraction of sp³-hybridized carbons (Fsp3) is 0.353. The minimum Gasteiger partial charge on any atom is -0.357 e. The fourth-order valence-corrected chi connectivity index (χ4v) is 2.72. The third kappa shape index (κ3) is 6.79. The van der Waals surface area contributed by atoms with E-state index < -0.39 is 0 Å². The lowest BCUT2D eigenvalue weighted by molar-refractivity contribution is 0.800. The first-order valence-electron chi connectivity index (χ1n) is 7.38. The van der Waals surface area contributed by atoms with E-state index in [0.29, 0.717) is 0 Å². The second-order valence-electron chi connectivity index (χ2n) is 4.94. The molecule has 0 aliphatic carbocycles. The van der Waals surface area contributed by atoms with Gasteiger partial charge in [-0.05, 0) is 37.3 Å². The number of benzene rings is 1. The molecule has 1 aromatic heterocycles. The lowest BCUT2D eigenvalue weighted by atomic mass is 10.1. The maximum atomic E-state index is 4.61. The maximum absolute atomic E-state index is 4.61. The number of nitrogens with zero attached hydrogens (tertiary/aromatic N) is 1. The zero-order chi connectivity index (χ0) is 14.9. The molecule has 0 aliphatic heterocycles. The van der Waals surface area contributed by atoms with Crippen molar-refractivity contribution in [3.05, 3.63) is 57.8 Å². The van der Waals surface area contributed by atoms with Gasteiger partial charge in [0.1, 0.15) is 0 Å². The van der Waals surface area contributed by atoms with E-state index in [9.17, 15) is 0 Å². The Morgan fingerprint density at radius 1 is 1.18 bits per heavy atom. The van der Waals surface area contributed by atoms with Crippen LogP contribution in [0.25, 0.3) is 0 Å². The molecule has 0 saturated carbocycles. The molecule has 0 unspecified atom stereocenters. The van der Waals surface area contributed by atoms with Gasteiger partial charge >= 0.3 is 0 Å². The Bertz CT molecular complexity index is 567. The summed E-state index contributed by atoms with van der Waals surface area (Å²) in [6.07, 6.45) is 1.01. The molecule has 0 atom stereocenters. The van der Waals surface area contributed by atoms with Crippen molar-refractivity contribution >= 4 is 41.3 Å². The van der Waals surface area contributed by atoms with Gasteiger partial charge in [-0.3, -0.25) is 0 Å². The van der Waals surface area contributed by atoms with E-state index in [4.69, 9.17) is 0 Å². The van der Waals surface area contributed by atoms with Crippen molar-refractivity contribution in [2.45, 2.75) is 26.8 Å². The van der Waals surface area contributed by atoms with Crippen molar-refractivity contribution in [1.29, 1.82) is 0 Å².